The maximum Gasteiger partial charge on any atom is 0.288 e. The van der Waals surface area contributed by atoms with Crippen molar-refractivity contribution in [2.24, 2.45) is 0 Å². The third-order valence-electron chi connectivity index (χ3n) is 5.45. The zero-order valence-corrected chi connectivity index (χ0v) is 20.6. The van der Waals surface area contributed by atoms with Crippen LogP contribution in [0.4, 0.5) is 11.4 Å². The van der Waals surface area contributed by atoms with Crippen LogP contribution in [-0.4, -0.2) is 19.2 Å². The van der Waals surface area contributed by atoms with Crippen LogP contribution < -0.4 is 5.32 Å². The van der Waals surface area contributed by atoms with Crippen molar-refractivity contribution in [2.75, 3.05) is 5.32 Å². The smallest absolute Gasteiger partial charge is 0.288 e. The minimum absolute atomic E-state index is 0.00729. The second-order valence-corrected chi connectivity index (χ2v) is 11.3. The molecular formula is C24H19ClN2O5S2. The van der Waals surface area contributed by atoms with Crippen LogP contribution in [0.1, 0.15) is 22.3 Å². The van der Waals surface area contributed by atoms with Gasteiger partial charge in [-0.25, -0.2) is 8.42 Å². The largest absolute Gasteiger partial charge is 0.320 e. The van der Waals surface area contributed by atoms with Crippen molar-refractivity contribution in [3.05, 3.63) is 96.9 Å². The average molecular weight is 515 g/mol. The fraction of sp³-hybridized carbons (Fsp3) is 0.125. The van der Waals surface area contributed by atoms with E-state index in [1.54, 1.807) is 12.1 Å². The third-order valence-corrected chi connectivity index (χ3v) is 8.51. The van der Waals surface area contributed by atoms with Gasteiger partial charge in [0.2, 0.25) is 0 Å². The van der Waals surface area contributed by atoms with Gasteiger partial charge in [-0.15, -0.1) is 0 Å². The second-order valence-electron chi connectivity index (χ2n) is 7.82. The molecular weight excluding hydrogens is 496 g/mol. The number of sulfone groups is 1. The number of aryl methyl sites for hydroxylation is 2. The van der Waals surface area contributed by atoms with Crippen LogP contribution in [0.3, 0.4) is 0 Å². The van der Waals surface area contributed by atoms with E-state index in [-0.39, 0.29) is 21.4 Å². The molecule has 1 aliphatic rings. The summed E-state index contributed by atoms with van der Waals surface area (Å²) in [5.74, 6) is -0.564. The van der Waals surface area contributed by atoms with E-state index < -0.39 is 20.7 Å². The summed E-state index contributed by atoms with van der Waals surface area (Å²) in [5.41, 5.74) is 3.17. The van der Waals surface area contributed by atoms with Gasteiger partial charge in [-0.3, -0.25) is 14.9 Å². The Labute approximate surface area is 205 Å². The van der Waals surface area contributed by atoms with E-state index in [9.17, 15) is 23.3 Å². The molecule has 0 aromatic heterocycles. The number of nitro benzene ring substituents is 1. The van der Waals surface area contributed by atoms with Crippen molar-refractivity contribution >= 4 is 56.6 Å². The van der Waals surface area contributed by atoms with E-state index in [2.05, 4.69) is 5.32 Å². The van der Waals surface area contributed by atoms with Crippen molar-refractivity contribution < 1.29 is 18.1 Å². The van der Waals surface area contributed by atoms with Gasteiger partial charge in [-0.05, 0) is 66.4 Å². The van der Waals surface area contributed by atoms with E-state index in [1.165, 1.54) is 30.3 Å². The molecule has 1 N–H and O–H groups in total. The first kappa shape index (κ1) is 24.0. The summed E-state index contributed by atoms with van der Waals surface area (Å²) < 4.78 is 26.2. The SMILES string of the molecule is Cc1cccc(C)c1CS(=O)(=O)c1ccc2c(c1)NC(=O)/C(=C\c1ccc(Cl)c([N+](=O)[O-])c1)S2. The topological polar surface area (TPSA) is 106 Å². The monoisotopic (exact) mass is 514 g/mol. The van der Waals surface area contributed by atoms with Gasteiger partial charge in [0.1, 0.15) is 5.02 Å². The number of thioether (sulfide) groups is 1. The van der Waals surface area contributed by atoms with Crippen LogP contribution in [0, 0.1) is 24.0 Å². The van der Waals surface area contributed by atoms with Crippen LogP contribution in [0.5, 0.6) is 0 Å². The Balaban J connectivity index is 1.62. The van der Waals surface area contributed by atoms with Gasteiger partial charge in [-0.2, -0.15) is 0 Å². The van der Waals surface area contributed by atoms with Gasteiger partial charge in [0.25, 0.3) is 11.6 Å². The number of benzene rings is 3. The first-order valence-corrected chi connectivity index (χ1v) is 13.0. The molecule has 0 unspecified atom stereocenters. The number of nitrogens with zero attached hydrogens (tertiary/aromatic N) is 1. The highest BCUT2D eigenvalue weighted by atomic mass is 35.5. The Bertz CT molecular complexity index is 1460. The Kier molecular flexibility index (Phi) is 6.53. The van der Waals surface area contributed by atoms with Crippen LogP contribution in [0.15, 0.2) is 69.3 Å². The molecule has 3 aromatic carbocycles. The molecule has 0 saturated heterocycles. The summed E-state index contributed by atoms with van der Waals surface area (Å²) in [6, 6.07) is 14.6. The molecule has 1 aliphatic heterocycles. The lowest BCUT2D eigenvalue weighted by atomic mass is 10.1. The number of hydrogen-bond donors (Lipinski definition) is 1. The standard InChI is InChI=1S/C24H19ClN2O5S2/c1-14-4-3-5-15(2)18(14)13-34(31,32)17-7-9-22-20(12-17)26-24(28)23(33-22)11-16-6-8-19(25)21(10-16)27(29)30/h3-12H,13H2,1-2H3,(H,26,28)/b23-11+. The second kappa shape index (κ2) is 9.25. The van der Waals surface area contributed by atoms with Crippen molar-refractivity contribution in [3.63, 3.8) is 0 Å². The normalized spacial score (nSPS) is 14.6. The average Bonchev–Trinajstić information content (AvgIpc) is 2.77. The molecule has 3 aromatic rings. The van der Waals surface area contributed by atoms with E-state index >= 15 is 0 Å². The highest BCUT2D eigenvalue weighted by Crippen LogP contribution is 2.40. The lowest BCUT2D eigenvalue weighted by Crippen LogP contribution is -2.18. The zero-order chi connectivity index (χ0) is 24.6. The van der Waals surface area contributed by atoms with E-state index in [0.29, 0.717) is 21.1 Å². The number of halogens is 1. The maximum atomic E-state index is 13.1. The summed E-state index contributed by atoms with van der Waals surface area (Å²) in [7, 11) is -3.64. The fourth-order valence-corrected chi connectivity index (χ4v) is 6.29. The molecule has 1 heterocycles. The highest BCUT2D eigenvalue weighted by Gasteiger charge is 2.25. The van der Waals surface area contributed by atoms with Gasteiger partial charge in [0, 0.05) is 11.0 Å². The van der Waals surface area contributed by atoms with Gasteiger partial charge in [0.15, 0.2) is 9.84 Å². The quantitative estimate of drug-likeness (QED) is 0.257. The lowest BCUT2D eigenvalue weighted by Gasteiger charge is -2.20. The first-order valence-electron chi connectivity index (χ1n) is 10.1. The number of amides is 1. The number of carbonyl (C=O) groups is 1. The molecule has 0 spiro atoms. The summed E-state index contributed by atoms with van der Waals surface area (Å²) in [5, 5.41) is 13.9. The molecule has 0 radical (unpaired) electrons. The fourth-order valence-electron chi connectivity index (χ4n) is 3.59. The van der Waals surface area contributed by atoms with Crippen molar-refractivity contribution in [1.82, 2.24) is 0 Å². The maximum absolute atomic E-state index is 13.1. The Morgan fingerprint density at radius 2 is 1.79 bits per heavy atom. The summed E-state index contributed by atoms with van der Waals surface area (Å²) in [4.78, 5) is 24.3. The molecule has 0 atom stereocenters. The lowest BCUT2D eigenvalue weighted by molar-refractivity contribution is -0.384. The Morgan fingerprint density at radius 1 is 1.09 bits per heavy atom. The third kappa shape index (κ3) is 4.86. The van der Waals surface area contributed by atoms with E-state index in [1.807, 2.05) is 32.0 Å². The number of hydrogen-bond acceptors (Lipinski definition) is 6. The molecule has 1 amide bonds. The molecule has 0 fully saturated rings. The van der Waals surface area contributed by atoms with Crippen molar-refractivity contribution in [3.8, 4) is 0 Å². The number of nitro groups is 1. The van der Waals surface area contributed by atoms with Gasteiger partial charge in [-0.1, -0.05) is 47.6 Å². The number of fused-ring (bicyclic) bond motifs is 1. The summed E-state index contributed by atoms with van der Waals surface area (Å²) in [6.07, 6.45) is 1.53. The molecule has 0 aliphatic carbocycles. The summed E-state index contributed by atoms with van der Waals surface area (Å²) >= 11 is 7.01. The van der Waals surface area contributed by atoms with E-state index in [0.717, 1.165) is 28.5 Å². The Morgan fingerprint density at radius 3 is 2.47 bits per heavy atom. The van der Waals surface area contributed by atoms with Gasteiger partial charge in [0.05, 0.1) is 26.2 Å². The van der Waals surface area contributed by atoms with Crippen molar-refractivity contribution in [2.45, 2.75) is 29.4 Å². The number of nitrogens with one attached hydrogen (secondary N) is 1. The molecule has 7 nitrogen and oxygen atoms in total. The van der Waals surface area contributed by atoms with Crippen molar-refractivity contribution in [1.29, 1.82) is 0 Å². The van der Waals surface area contributed by atoms with Crippen LogP contribution in [0.25, 0.3) is 6.08 Å². The van der Waals surface area contributed by atoms with E-state index in [4.69, 9.17) is 11.6 Å². The molecule has 0 bridgehead atoms. The van der Waals surface area contributed by atoms with Crippen LogP contribution in [-0.2, 0) is 20.4 Å². The molecule has 174 valence electrons. The minimum atomic E-state index is -3.64. The number of rotatable bonds is 5. The predicted molar refractivity (Wildman–Crippen MR) is 134 cm³/mol. The predicted octanol–water partition coefficient (Wildman–Crippen LogP) is 5.92. The number of carbonyl (C=O) groups excluding carboxylic acids is 1. The molecule has 0 saturated carbocycles. The zero-order valence-electron chi connectivity index (χ0n) is 18.2. The number of anilines is 1. The molecule has 10 heteroatoms. The van der Waals surface area contributed by atoms with Gasteiger partial charge >= 0.3 is 0 Å². The Hall–Kier alpha value is -3.14. The first-order chi connectivity index (χ1) is 16.0. The highest BCUT2D eigenvalue weighted by molar-refractivity contribution is 8.04. The molecule has 34 heavy (non-hydrogen) atoms. The van der Waals surface area contributed by atoms with Crippen LogP contribution >= 0.6 is 23.4 Å². The summed E-state index contributed by atoms with van der Waals surface area (Å²) in [6.45, 7) is 3.76. The minimum Gasteiger partial charge on any atom is -0.320 e. The molecule has 4 rings (SSSR count). The van der Waals surface area contributed by atoms with Gasteiger partial charge < -0.3 is 5.32 Å². The van der Waals surface area contributed by atoms with Crippen LogP contribution in [0.2, 0.25) is 5.02 Å².